The van der Waals surface area contributed by atoms with Gasteiger partial charge in [-0.15, -0.1) is 0 Å². The molecule has 0 saturated heterocycles. The fourth-order valence-corrected chi connectivity index (χ4v) is 4.38. The molecule has 0 radical (unpaired) electrons. The molecule has 0 bridgehead atoms. The molecule has 33 heavy (non-hydrogen) atoms. The summed E-state index contributed by atoms with van der Waals surface area (Å²) in [6.45, 7) is 5.08. The molecular formula is C31H47NO. The fourth-order valence-electron chi connectivity index (χ4n) is 4.38. The molecule has 2 nitrogen and oxygen atoms in total. The van der Waals surface area contributed by atoms with Crippen LogP contribution in [0.25, 0.3) is 11.1 Å². The van der Waals surface area contributed by atoms with Gasteiger partial charge < -0.3 is 5.32 Å². The van der Waals surface area contributed by atoms with Crippen molar-refractivity contribution in [1.82, 2.24) is 5.32 Å². The zero-order valence-electron chi connectivity index (χ0n) is 21.3. The summed E-state index contributed by atoms with van der Waals surface area (Å²) in [5, 5.41) is 3.08. The third-order valence-electron chi connectivity index (χ3n) is 6.62. The second-order valence-electron chi connectivity index (χ2n) is 9.52. The Morgan fingerprint density at radius 1 is 0.636 bits per heavy atom. The lowest BCUT2D eigenvalue weighted by Crippen LogP contribution is -2.22. The number of carbonyl (C=O) groups excluding carboxylic acids is 1. The Hall–Kier alpha value is -2.09. The number of unbranched alkanes of at least 4 members (excludes halogenated alkanes) is 12. The molecule has 1 amide bonds. The molecule has 0 aliphatic carbocycles. The summed E-state index contributed by atoms with van der Waals surface area (Å²) in [6, 6.07) is 17.3. The van der Waals surface area contributed by atoms with Crippen LogP contribution in [0.4, 0.5) is 0 Å². The summed E-state index contributed by atoms with van der Waals surface area (Å²) in [4.78, 5) is 12.2. The molecule has 0 aromatic heterocycles. The minimum atomic E-state index is 0.179. The SMILES string of the molecule is CCCCCCCCCCCCCCCC(=O)NCc1ccc(-c2cccc(CC)c2)cc1. The molecule has 182 valence electrons. The number of nitrogens with one attached hydrogen (secondary N) is 1. The van der Waals surface area contributed by atoms with Crippen molar-refractivity contribution in [1.29, 1.82) is 0 Å². The molecule has 2 aromatic carbocycles. The van der Waals surface area contributed by atoms with Gasteiger partial charge in [-0.2, -0.15) is 0 Å². The Bertz CT molecular complexity index is 765. The van der Waals surface area contributed by atoms with E-state index in [0.29, 0.717) is 13.0 Å². The lowest BCUT2D eigenvalue weighted by molar-refractivity contribution is -0.121. The molecule has 2 rings (SSSR count). The topological polar surface area (TPSA) is 29.1 Å². The molecule has 2 heteroatoms. The number of carbonyl (C=O) groups is 1. The van der Waals surface area contributed by atoms with Gasteiger partial charge in [0.25, 0.3) is 0 Å². The van der Waals surface area contributed by atoms with Gasteiger partial charge in [0.05, 0.1) is 0 Å². The van der Waals surface area contributed by atoms with E-state index in [1.807, 2.05) is 0 Å². The van der Waals surface area contributed by atoms with Crippen molar-refractivity contribution in [3.05, 3.63) is 59.7 Å². The maximum Gasteiger partial charge on any atom is 0.220 e. The Morgan fingerprint density at radius 2 is 1.21 bits per heavy atom. The first-order valence-electron chi connectivity index (χ1n) is 13.7. The van der Waals surface area contributed by atoms with E-state index in [1.165, 1.54) is 93.7 Å². The number of benzene rings is 2. The van der Waals surface area contributed by atoms with Crippen molar-refractivity contribution in [2.75, 3.05) is 0 Å². The highest BCUT2D eigenvalue weighted by Crippen LogP contribution is 2.21. The molecule has 0 fully saturated rings. The minimum Gasteiger partial charge on any atom is -0.352 e. The fraction of sp³-hybridized carbons (Fsp3) is 0.581. The molecule has 0 saturated carbocycles. The highest BCUT2D eigenvalue weighted by atomic mass is 16.1. The van der Waals surface area contributed by atoms with E-state index >= 15 is 0 Å². The van der Waals surface area contributed by atoms with Crippen molar-refractivity contribution >= 4 is 5.91 Å². The van der Waals surface area contributed by atoms with Gasteiger partial charge in [0.2, 0.25) is 5.91 Å². The third-order valence-corrected chi connectivity index (χ3v) is 6.62. The molecule has 0 spiro atoms. The second kappa shape index (κ2) is 17.4. The Balaban J connectivity index is 1.48. The van der Waals surface area contributed by atoms with Gasteiger partial charge >= 0.3 is 0 Å². The van der Waals surface area contributed by atoms with Crippen LogP contribution in [-0.4, -0.2) is 5.91 Å². The van der Waals surface area contributed by atoms with E-state index in [-0.39, 0.29) is 5.91 Å². The van der Waals surface area contributed by atoms with Crippen molar-refractivity contribution in [2.24, 2.45) is 0 Å². The van der Waals surface area contributed by atoms with Gasteiger partial charge in [-0.25, -0.2) is 0 Å². The van der Waals surface area contributed by atoms with Crippen LogP contribution in [0.2, 0.25) is 0 Å². The van der Waals surface area contributed by atoms with Crippen LogP contribution in [0.5, 0.6) is 0 Å². The summed E-state index contributed by atoms with van der Waals surface area (Å²) in [7, 11) is 0. The van der Waals surface area contributed by atoms with Crippen molar-refractivity contribution in [2.45, 2.75) is 117 Å². The standard InChI is InChI=1S/C31H47NO/c1-3-5-6-7-8-9-10-11-12-13-14-15-16-20-31(33)32-26-28-21-23-29(24-22-28)30-19-17-18-27(4-2)25-30/h17-19,21-25H,3-16,20,26H2,1-2H3,(H,32,33). The number of aryl methyl sites for hydroxylation is 1. The van der Waals surface area contributed by atoms with Crippen LogP contribution in [0.1, 0.15) is 115 Å². The third kappa shape index (κ3) is 12.1. The molecule has 0 atom stereocenters. The zero-order valence-corrected chi connectivity index (χ0v) is 21.3. The molecule has 0 aliphatic rings. The maximum atomic E-state index is 12.2. The molecular weight excluding hydrogens is 402 g/mol. The minimum absolute atomic E-state index is 0.179. The predicted octanol–water partition coefficient (Wildman–Crippen LogP) is 9.01. The zero-order chi connectivity index (χ0) is 23.6. The summed E-state index contributed by atoms with van der Waals surface area (Å²) >= 11 is 0. The van der Waals surface area contributed by atoms with Gasteiger partial charge in [-0.1, -0.05) is 139 Å². The van der Waals surface area contributed by atoms with E-state index < -0.39 is 0 Å². The first kappa shape index (κ1) is 27.2. The second-order valence-corrected chi connectivity index (χ2v) is 9.52. The van der Waals surface area contributed by atoms with E-state index in [0.717, 1.165) is 18.4 Å². The maximum absolute atomic E-state index is 12.2. The first-order chi connectivity index (χ1) is 16.2. The normalized spacial score (nSPS) is 11.0. The smallest absolute Gasteiger partial charge is 0.220 e. The summed E-state index contributed by atoms with van der Waals surface area (Å²) in [6.07, 6.45) is 19.1. The van der Waals surface area contributed by atoms with E-state index in [4.69, 9.17) is 0 Å². The summed E-state index contributed by atoms with van der Waals surface area (Å²) in [5.74, 6) is 0.179. The van der Waals surface area contributed by atoms with E-state index in [1.54, 1.807) is 0 Å². The molecule has 2 aromatic rings. The van der Waals surface area contributed by atoms with Gasteiger partial charge in [-0.3, -0.25) is 4.79 Å². The van der Waals surface area contributed by atoms with Crippen LogP contribution in [0.15, 0.2) is 48.5 Å². The monoisotopic (exact) mass is 449 g/mol. The first-order valence-corrected chi connectivity index (χ1v) is 13.7. The number of hydrogen-bond acceptors (Lipinski definition) is 1. The van der Waals surface area contributed by atoms with E-state index in [2.05, 4.69) is 67.7 Å². The number of rotatable bonds is 18. The molecule has 0 heterocycles. The molecule has 1 N–H and O–H groups in total. The van der Waals surface area contributed by atoms with Crippen LogP contribution in [0, 0.1) is 0 Å². The van der Waals surface area contributed by atoms with Gasteiger partial charge in [0, 0.05) is 13.0 Å². The van der Waals surface area contributed by atoms with Crippen molar-refractivity contribution in [3.8, 4) is 11.1 Å². The summed E-state index contributed by atoms with van der Waals surface area (Å²) in [5.41, 5.74) is 5.00. The van der Waals surface area contributed by atoms with Crippen molar-refractivity contribution < 1.29 is 4.79 Å². The Labute approximate surface area is 203 Å². The highest BCUT2D eigenvalue weighted by molar-refractivity contribution is 5.75. The van der Waals surface area contributed by atoms with Gasteiger partial charge in [0.1, 0.15) is 0 Å². The average Bonchev–Trinajstić information content (AvgIpc) is 2.86. The van der Waals surface area contributed by atoms with Crippen molar-refractivity contribution in [3.63, 3.8) is 0 Å². The number of hydrogen-bond donors (Lipinski definition) is 1. The van der Waals surface area contributed by atoms with E-state index in [9.17, 15) is 4.79 Å². The largest absolute Gasteiger partial charge is 0.352 e. The Morgan fingerprint density at radius 3 is 1.79 bits per heavy atom. The lowest BCUT2D eigenvalue weighted by atomic mass is 10.0. The van der Waals surface area contributed by atoms with Gasteiger partial charge in [-0.05, 0) is 35.1 Å². The molecule has 0 unspecified atom stereocenters. The predicted molar refractivity (Wildman–Crippen MR) is 143 cm³/mol. The van der Waals surface area contributed by atoms with Crippen LogP contribution >= 0.6 is 0 Å². The Kier molecular flexibility index (Phi) is 14.3. The van der Waals surface area contributed by atoms with Crippen LogP contribution in [0.3, 0.4) is 0 Å². The highest BCUT2D eigenvalue weighted by Gasteiger charge is 2.03. The van der Waals surface area contributed by atoms with Crippen LogP contribution < -0.4 is 5.32 Å². The number of amides is 1. The lowest BCUT2D eigenvalue weighted by Gasteiger charge is -2.08. The summed E-state index contributed by atoms with van der Waals surface area (Å²) < 4.78 is 0. The molecule has 0 aliphatic heterocycles. The van der Waals surface area contributed by atoms with Gasteiger partial charge in [0.15, 0.2) is 0 Å². The quantitative estimate of drug-likeness (QED) is 0.226. The van der Waals surface area contributed by atoms with Crippen LogP contribution in [-0.2, 0) is 17.8 Å². The average molecular weight is 450 g/mol.